The van der Waals surface area contributed by atoms with E-state index in [2.05, 4.69) is 36.9 Å². The summed E-state index contributed by atoms with van der Waals surface area (Å²) in [5, 5.41) is 10.1. The van der Waals surface area contributed by atoms with E-state index in [9.17, 15) is 14.0 Å². The van der Waals surface area contributed by atoms with E-state index in [0.717, 1.165) is 32.0 Å². The zero-order valence-corrected chi connectivity index (χ0v) is 18.0. The van der Waals surface area contributed by atoms with E-state index < -0.39 is 17.0 Å². The summed E-state index contributed by atoms with van der Waals surface area (Å²) in [6, 6.07) is 17.0. The molecule has 0 heterocycles. The van der Waals surface area contributed by atoms with Gasteiger partial charge in [0.2, 0.25) is 0 Å². The van der Waals surface area contributed by atoms with Crippen LogP contribution in [0.5, 0.6) is 0 Å². The van der Waals surface area contributed by atoms with Gasteiger partial charge in [0.25, 0.3) is 0 Å². The van der Waals surface area contributed by atoms with Gasteiger partial charge in [0.05, 0.1) is 11.5 Å². The second-order valence-electron chi connectivity index (χ2n) is 8.02. The fourth-order valence-corrected chi connectivity index (χ4v) is 4.15. The maximum atomic E-state index is 13.9. The summed E-state index contributed by atoms with van der Waals surface area (Å²) in [6.45, 7) is 10.1. The Kier molecular flexibility index (Phi) is 8.34. The Morgan fingerprint density at radius 1 is 1.03 bits per heavy atom. The predicted octanol–water partition coefficient (Wildman–Crippen LogP) is 6.46. The van der Waals surface area contributed by atoms with Crippen LogP contribution in [0.25, 0.3) is 0 Å². The second kappa shape index (κ2) is 10.5. The van der Waals surface area contributed by atoms with Crippen LogP contribution in [0.1, 0.15) is 58.1 Å². The van der Waals surface area contributed by atoms with Crippen LogP contribution >= 0.6 is 0 Å². The summed E-state index contributed by atoms with van der Waals surface area (Å²) in [5.41, 5.74) is 0.993. The molecule has 0 spiro atoms. The van der Waals surface area contributed by atoms with Crippen molar-refractivity contribution in [1.82, 2.24) is 4.90 Å². The fraction of sp³-hybridized carbons (Fsp3) is 0.480. The minimum atomic E-state index is -0.894. The summed E-state index contributed by atoms with van der Waals surface area (Å²) in [6.07, 6.45) is 2.40. The minimum Gasteiger partial charge on any atom is -0.296 e. The summed E-state index contributed by atoms with van der Waals surface area (Å²) in [5.74, 6) is -1.79. The van der Waals surface area contributed by atoms with Gasteiger partial charge in [-0.05, 0) is 55.0 Å². The van der Waals surface area contributed by atoms with Crippen LogP contribution in [-0.2, 0) is 12.0 Å². The van der Waals surface area contributed by atoms with E-state index in [-0.39, 0.29) is 5.92 Å². The molecule has 0 aliphatic heterocycles. The maximum Gasteiger partial charge on any atom is 0.159 e. The summed E-state index contributed by atoms with van der Waals surface area (Å²) < 4.78 is 27.4. The summed E-state index contributed by atoms with van der Waals surface area (Å²) >= 11 is 0. The summed E-state index contributed by atoms with van der Waals surface area (Å²) in [4.78, 5) is 2.43. The standard InChI is InChI=1S/C25H32F2N2/c1-5-22(29(6-2)17-20-10-8-7-9-11-20)14-15-25(18-28,19(3)4)21-12-13-23(26)24(27)16-21/h7-13,16,19,22H,5-6,14-15,17H2,1-4H3. The van der Waals surface area contributed by atoms with Crippen molar-refractivity contribution in [3.05, 3.63) is 71.3 Å². The van der Waals surface area contributed by atoms with E-state index in [0.29, 0.717) is 18.0 Å². The molecule has 0 fully saturated rings. The third-order valence-electron chi connectivity index (χ3n) is 6.11. The second-order valence-corrected chi connectivity index (χ2v) is 8.02. The first-order chi connectivity index (χ1) is 13.9. The molecule has 0 saturated heterocycles. The molecule has 0 N–H and O–H groups in total. The van der Waals surface area contributed by atoms with Gasteiger partial charge >= 0.3 is 0 Å². The SMILES string of the molecule is CCC(CCC(C#N)(c1ccc(F)c(F)c1)C(C)C)N(CC)Cc1ccccc1. The molecule has 0 aliphatic carbocycles. The van der Waals surface area contributed by atoms with Crippen molar-refractivity contribution < 1.29 is 8.78 Å². The molecular weight excluding hydrogens is 366 g/mol. The number of halogens is 2. The number of hydrogen-bond donors (Lipinski definition) is 0. The lowest BCUT2D eigenvalue weighted by Crippen LogP contribution is -2.38. The van der Waals surface area contributed by atoms with E-state index in [1.165, 1.54) is 11.6 Å². The van der Waals surface area contributed by atoms with Crippen LogP contribution in [0.4, 0.5) is 8.78 Å². The first-order valence-electron chi connectivity index (χ1n) is 10.5. The average molecular weight is 399 g/mol. The van der Waals surface area contributed by atoms with Crippen LogP contribution in [-0.4, -0.2) is 17.5 Å². The third kappa shape index (κ3) is 5.42. The molecule has 2 aromatic rings. The normalized spacial score (nSPS) is 14.6. The quantitative estimate of drug-likeness (QED) is 0.459. The van der Waals surface area contributed by atoms with Gasteiger partial charge in [-0.2, -0.15) is 5.26 Å². The molecule has 4 heteroatoms. The lowest BCUT2D eigenvalue weighted by Gasteiger charge is -2.36. The van der Waals surface area contributed by atoms with Crippen molar-refractivity contribution in [2.45, 2.75) is 65.0 Å². The number of benzene rings is 2. The molecule has 0 aliphatic rings. The molecule has 0 amide bonds. The molecular formula is C25H32F2N2. The van der Waals surface area contributed by atoms with Crippen LogP contribution in [0.15, 0.2) is 48.5 Å². The maximum absolute atomic E-state index is 13.9. The Labute approximate surface area is 174 Å². The van der Waals surface area contributed by atoms with Crippen LogP contribution < -0.4 is 0 Å². The van der Waals surface area contributed by atoms with Gasteiger partial charge in [0, 0.05) is 12.6 Å². The lowest BCUT2D eigenvalue weighted by molar-refractivity contribution is 0.168. The molecule has 2 atom stereocenters. The van der Waals surface area contributed by atoms with Gasteiger partial charge in [-0.25, -0.2) is 8.78 Å². The predicted molar refractivity (Wildman–Crippen MR) is 114 cm³/mol. The molecule has 2 nitrogen and oxygen atoms in total. The van der Waals surface area contributed by atoms with E-state index in [4.69, 9.17) is 0 Å². The van der Waals surface area contributed by atoms with Crippen molar-refractivity contribution in [3.63, 3.8) is 0 Å². The van der Waals surface area contributed by atoms with Crippen molar-refractivity contribution in [2.75, 3.05) is 6.54 Å². The smallest absolute Gasteiger partial charge is 0.159 e. The van der Waals surface area contributed by atoms with E-state index >= 15 is 0 Å². The van der Waals surface area contributed by atoms with Crippen LogP contribution in [0, 0.1) is 28.9 Å². The molecule has 0 bridgehead atoms. The zero-order chi connectivity index (χ0) is 21.4. The molecule has 0 aromatic heterocycles. The molecule has 156 valence electrons. The van der Waals surface area contributed by atoms with E-state index in [1.54, 1.807) is 6.07 Å². The lowest BCUT2D eigenvalue weighted by atomic mass is 9.69. The molecule has 2 aromatic carbocycles. The average Bonchev–Trinajstić information content (AvgIpc) is 2.73. The highest BCUT2D eigenvalue weighted by Gasteiger charge is 2.37. The number of nitrogens with zero attached hydrogens (tertiary/aromatic N) is 2. The molecule has 2 rings (SSSR count). The third-order valence-corrected chi connectivity index (χ3v) is 6.11. The van der Waals surface area contributed by atoms with Crippen molar-refractivity contribution in [1.29, 1.82) is 5.26 Å². The van der Waals surface area contributed by atoms with Crippen molar-refractivity contribution in [3.8, 4) is 6.07 Å². The largest absolute Gasteiger partial charge is 0.296 e. The first-order valence-corrected chi connectivity index (χ1v) is 10.5. The van der Waals surface area contributed by atoms with Gasteiger partial charge in [-0.15, -0.1) is 0 Å². The summed E-state index contributed by atoms with van der Waals surface area (Å²) in [7, 11) is 0. The highest BCUT2D eigenvalue weighted by molar-refractivity contribution is 5.34. The fourth-order valence-electron chi connectivity index (χ4n) is 4.15. The van der Waals surface area contributed by atoms with Crippen LogP contribution in [0.2, 0.25) is 0 Å². The van der Waals surface area contributed by atoms with E-state index in [1.807, 2.05) is 32.0 Å². The number of rotatable bonds is 10. The highest BCUT2D eigenvalue weighted by atomic mass is 19.2. The molecule has 0 radical (unpaired) electrons. The first kappa shape index (κ1) is 23.0. The van der Waals surface area contributed by atoms with Gasteiger partial charge in [0.15, 0.2) is 11.6 Å². The Morgan fingerprint density at radius 2 is 1.72 bits per heavy atom. The Hall–Kier alpha value is -2.25. The minimum absolute atomic E-state index is 0.0148. The zero-order valence-electron chi connectivity index (χ0n) is 18.0. The Balaban J connectivity index is 2.23. The van der Waals surface area contributed by atoms with Crippen molar-refractivity contribution in [2.24, 2.45) is 5.92 Å². The van der Waals surface area contributed by atoms with Crippen LogP contribution in [0.3, 0.4) is 0 Å². The highest BCUT2D eigenvalue weighted by Crippen LogP contribution is 2.38. The topological polar surface area (TPSA) is 27.0 Å². The number of nitriles is 1. The van der Waals surface area contributed by atoms with Gasteiger partial charge < -0.3 is 0 Å². The molecule has 0 saturated carbocycles. The van der Waals surface area contributed by atoms with Crippen molar-refractivity contribution >= 4 is 0 Å². The van der Waals surface area contributed by atoms with Gasteiger partial charge in [-0.3, -0.25) is 4.90 Å². The number of hydrogen-bond acceptors (Lipinski definition) is 2. The van der Waals surface area contributed by atoms with Gasteiger partial charge in [-0.1, -0.05) is 64.1 Å². The molecule has 29 heavy (non-hydrogen) atoms. The van der Waals surface area contributed by atoms with Gasteiger partial charge in [0.1, 0.15) is 0 Å². The Bertz CT molecular complexity index is 813. The Morgan fingerprint density at radius 3 is 2.24 bits per heavy atom. The monoisotopic (exact) mass is 398 g/mol. The molecule has 2 unspecified atom stereocenters.